The monoisotopic (exact) mass is 325 g/mol. The maximum Gasteiger partial charge on any atom is 0.223 e. The number of halogens is 1. The van der Waals surface area contributed by atoms with Crippen LogP contribution in [0.4, 0.5) is 0 Å². The van der Waals surface area contributed by atoms with E-state index >= 15 is 0 Å². The largest absolute Gasteiger partial charge is 0.355 e. The molecule has 6 heteroatoms. The summed E-state index contributed by atoms with van der Waals surface area (Å²) in [6, 6.07) is 9.89. The maximum absolute atomic E-state index is 11.9. The van der Waals surface area contributed by atoms with Crippen molar-refractivity contribution in [2.75, 3.05) is 6.54 Å². The van der Waals surface area contributed by atoms with E-state index in [1.807, 2.05) is 30.3 Å². The van der Waals surface area contributed by atoms with Crippen LogP contribution in [0.1, 0.15) is 31.2 Å². The molecule has 0 radical (unpaired) electrons. The number of carbonyl (C=O) groups excluding carboxylic acids is 2. The lowest BCUT2D eigenvalue weighted by molar-refractivity contribution is -0.125. The van der Waals surface area contributed by atoms with E-state index in [9.17, 15) is 9.59 Å². The first-order valence-corrected chi connectivity index (χ1v) is 7.49. The lowest BCUT2D eigenvalue weighted by atomic mass is 10.1. The summed E-state index contributed by atoms with van der Waals surface area (Å²) >= 11 is 0. The molecule has 122 valence electrons. The average molecular weight is 326 g/mol. The fourth-order valence-corrected chi connectivity index (χ4v) is 2.58. The molecule has 0 aliphatic heterocycles. The van der Waals surface area contributed by atoms with Gasteiger partial charge in [-0.2, -0.15) is 0 Å². The molecule has 1 saturated carbocycles. The minimum absolute atomic E-state index is 0. The van der Waals surface area contributed by atoms with Gasteiger partial charge in [0.25, 0.3) is 0 Å². The van der Waals surface area contributed by atoms with Gasteiger partial charge in [0, 0.05) is 31.5 Å². The Kier molecular flexibility index (Phi) is 7.91. The van der Waals surface area contributed by atoms with E-state index in [-0.39, 0.29) is 36.2 Å². The van der Waals surface area contributed by atoms with Gasteiger partial charge in [-0.15, -0.1) is 12.4 Å². The topological polar surface area (TPSA) is 84.2 Å². The predicted molar refractivity (Wildman–Crippen MR) is 88.5 cm³/mol. The van der Waals surface area contributed by atoms with Gasteiger partial charge in [-0.25, -0.2) is 0 Å². The molecule has 0 heterocycles. The number of carbonyl (C=O) groups is 2. The SMILES string of the molecule is Cl.NC1CCC(C(=O)NCCC(=O)NCc2ccccc2)C1. The highest BCUT2D eigenvalue weighted by Crippen LogP contribution is 2.23. The number of amides is 2. The predicted octanol–water partition coefficient (Wildman–Crippen LogP) is 1.36. The first kappa shape index (κ1) is 18.5. The van der Waals surface area contributed by atoms with Crippen molar-refractivity contribution < 1.29 is 9.59 Å². The molecule has 0 aromatic heterocycles. The van der Waals surface area contributed by atoms with Gasteiger partial charge in [0.05, 0.1) is 0 Å². The van der Waals surface area contributed by atoms with Crippen LogP contribution in [0.15, 0.2) is 30.3 Å². The van der Waals surface area contributed by atoms with Gasteiger partial charge in [-0.1, -0.05) is 30.3 Å². The normalized spacial score (nSPS) is 20.0. The lowest BCUT2D eigenvalue weighted by Gasteiger charge is -2.11. The van der Waals surface area contributed by atoms with Crippen LogP contribution in [0.25, 0.3) is 0 Å². The molecule has 1 aliphatic rings. The molecule has 2 amide bonds. The van der Waals surface area contributed by atoms with Crippen LogP contribution in [-0.4, -0.2) is 24.4 Å². The summed E-state index contributed by atoms with van der Waals surface area (Å²) in [5.41, 5.74) is 6.86. The molecule has 2 unspecified atom stereocenters. The molecule has 1 aromatic rings. The molecule has 1 fully saturated rings. The first-order valence-electron chi connectivity index (χ1n) is 7.49. The molecule has 0 spiro atoms. The Hall–Kier alpha value is -1.59. The van der Waals surface area contributed by atoms with Crippen LogP contribution in [0.3, 0.4) is 0 Å². The van der Waals surface area contributed by atoms with E-state index in [2.05, 4.69) is 10.6 Å². The molecule has 0 bridgehead atoms. The fourth-order valence-electron chi connectivity index (χ4n) is 2.58. The third-order valence-electron chi connectivity index (χ3n) is 3.83. The summed E-state index contributed by atoms with van der Waals surface area (Å²) in [5.74, 6) is -0.00605. The van der Waals surface area contributed by atoms with E-state index in [1.165, 1.54) is 0 Å². The summed E-state index contributed by atoms with van der Waals surface area (Å²) in [4.78, 5) is 23.5. The van der Waals surface area contributed by atoms with Crippen molar-refractivity contribution in [2.45, 2.75) is 38.3 Å². The van der Waals surface area contributed by atoms with Crippen LogP contribution < -0.4 is 16.4 Å². The second-order valence-electron chi connectivity index (χ2n) is 5.57. The Bertz CT molecular complexity index is 482. The van der Waals surface area contributed by atoms with Crippen molar-refractivity contribution in [3.63, 3.8) is 0 Å². The van der Waals surface area contributed by atoms with Crippen molar-refractivity contribution >= 4 is 24.2 Å². The Labute approximate surface area is 137 Å². The Morgan fingerprint density at radius 2 is 1.86 bits per heavy atom. The molecule has 2 atom stereocenters. The zero-order chi connectivity index (χ0) is 15.1. The molecule has 4 N–H and O–H groups in total. The minimum atomic E-state index is -0.0534. The Morgan fingerprint density at radius 1 is 1.14 bits per heavy atom. The summed E-state index contributed by atoms with van der Waals surface area (Å²) < 4.78 is 0. The van der Waals surface area contributed by atoms with Crippen LogP contribution in [0, 0.1) is 5.92 Å². The lowest BCUT2D eigenvalue weighted by Crippen LogP contribution is -2.34. The number of nitrogens with one attached hydrogen (secondary N) is 2. The summed E-state index contributed by atoms with van der Waals surface area (Å²) in [5, 5.41) is 5.66. The zero-order valence-corrected chi connectivity index (χ0v) is 13.4. The highest BCUT2D eigenvalue weighted by Gasteiger charge is 2.27. The molecular formula is C16H24ClN3O2. The van der Waals surface area contributed by atoms with E-state index in [4.69, 9.17) is 5.73 Å². The number of benzene rings is 1. The molecular weight excluding hydrogens is 302 g/mol. The van der Waals surface area contributed by atoms with Crippen LogP contribution in [-0.2, 0) is 16.1 Å². The Balaban J connectivity index is 0.00000242. The quantitative estimate of drug-likeness (QED) is 0.738. The summed E-state index contributed by atoms with van der Waals surface area (Å²) in [6.07, 6.45) is 2.83. The van der Waals surface area contributed by atoms with Crippen molar-refractivity contribution in [2.24, 2.45) is 11.7 Å². The molecule has 1 aromatic carbocycles. The molecule has 2 rings (SSSR count). The van der Waals surface area contributed by atoms with Crippen molar-refractivity contribution in [3.05, 3.63) is 35.9 Å². The summed E-state index contributed by atoms with van der Waals surface area (Å²) in [7, 11) is 0. The van der Waals surface area contributed by atoms with E-state index in [1.54, 1.807) is 0 Å². The van der Waals surface area contributed by atoms with Gasteiger partial charge in [0.15, 0.2) is 0 Å². The van der Waals surface area contributed by atoms with E-state index in [0.29, 0.717) is 19.5 Å². The third kappa shape index (κ3) is 6.03. The van der Waals surface area contributed by atoms with Crippen molar-refractivity contribution in [1.82, 2.24) is 10.6 Å². The van der Waals surface area contributed by atoms with Gasteiger partial charge < -0.3 is 16.4 Å². The molecule has 1 aliphatic carbocycles. The smallest absolute Gasteiger partial charge is 0.223 e. The maximum atomic E-state index is 11.9. The average Bonchev–Trinajstić information content (AvgIpc) is 2.93. The molecule has 5 nitrogen and oxygen atoms in total. The highest BCUT2D eigenvalue weighted by atomic mass is 35.5. The fraction of sp³-hybridized carbons (Fsp3) is 0.500. The Morgan fingerprint density at radius 3 is 2.50 bits per heavy atom. The van der Waals surface area contributed by atoms with E-state index < -0.39 is 0 Å². The zero-order valence-electron chi connectivity index (χ0n) is 12.6. The first-order chi connectivity index (χ1) is 10.1. The van der Waals surface area contributed by atoms with E-state index in [0.717, 1.165) is 24.8 Å². The summed E-state index contributed by atoms with van der Waals surface area (Å²) in [6.45, 7) is 0.899. The van der Waals surface area contributed by atoms with Crippen molar-refractivity contribution in [3.8, 4) is 0 Å². The second kappa shape index (κ2) is 9.43. The van der Waals surface area contributed by atoms with Crippen LogP contribution >= 0.6 is 12.4 Å². The van der Waals surface area contributed by atoms with Gasteiger partial charge >= 0.3 is 0 Å². The standard InChI is InChI=1S/C16H23N3O2.ClH/c17-14-7-6-13(10-14)16(21)18-9-8-15(20)19-11-12-4-2-1-3-5-12;/h1-5,13-14H,6-11,17H2,(H,18,21)(H,19,20);1H. The van der Waals surface area contributed by atoms with Gasteiger partial charge in [-0.05, 0) is 24.8 Å². The molecule has 0 saturated heterocycles. The van der Waals surface area contributed by atoms with Gasteiger partial charge in [-0.3, -0.25) is 9.59 Å². The third-order valence-corrected chi connectivity index (χ3v) is 3.83. The number of hydrogen-bond acceptors (Lipinski definition) is 3. The number of hydrogen-bond donors (Lipinski definition) is 3. The molecule has 22 heavy (non-hydrogen) atoms. The van der Waals surface area contributed by atoms with Gasteiger partial charge in [0.2, 0.25) is 11.8 Å². The van der Waals surface area contributed by atoms with Gasteiger partial charge in [0.1, 0.15) is 0 Å². The van der Waals surface area contributed by atoms with Crippen LogP contribution in [0.5, 0.6) is 0 Å². The second-order valence-corrected chi connectivity index (χ2v) is 5.57. The van der Waals surface area contributed by atoms with Crippen molar-refractivity contribution in [1.29, 1.82) is 0 Å². The highest BCUT2D eigenvalue weighted by molar-refractivity contribution is 5.85. The van der Waals surface area contributed by atoms with Crippen LogP contribution in [0.2, 0.25) is 0 Å². The minimum Gasteiger partial charge on any atom is -0.355 e. The number of nitrogens with two attached hydrogens (primary N) is 1. The number of rotatable bonds is 6.